The number of nitrogens with zero attached hydrogens (tertiary/aromatic N) is 1. The summed E-state index contributed by atoms with van der Waals surface area (Å²) >= 11 is 0. The van der Waals surface area contributed by atoms with Gasteiger partial charge in [0.2, 0.25) is 0 Å². The van der Waals surface area contributed by atoms with Crippen LogP contribution in [0.3, 0.4) is 0 Å². The molecule has 101 valence electrons. The maximum absolute atomic E-state index is 12.1. The van der Waals surface area contributed by atoms with Crippen molar-refractivity contribution >= 4 is 11.9 Å². The van der Waals surface area contributed by atoms with Crippen LogP contribution in [-0.2, 0) is 16.1 Å². The molecule has 0 bridgehead atoms. The van der Waals surface area contributed by atoms with Gasteiger partial charge in [-0.05, 0) is 38.0 Å². The number of rotatable bonds is 2. The molecule has 5 heteroatoms. The van der Waals surface area contributed by atoms with E-state index in [1.807, 2.05) is 0 Å². The van der Waals surface area contributed by atoms with Crippen molar-refractivity contribution in [2.45, 2.75) is 39.0 Å². The third-order valence-corrected chi connectivity index (χ3v) is 2.79. The summed E-state index contributed by atoms with van der Waals surface area (Å²) in [6.07, 6.45) is 0. The Hall–Kier alpha value is -1.88. The lowest BCUT2D eigenvalue weighted by atomic mass is 9.99. The van der Waals surface area contributed by atoms with Crippen LogP contribution in [0.25, 0.3) is 0 Å². The lowest BCUT2D eigenvalue weighted by Crippen LogP contribution is -2.24. The molecule has 2 rings (SSSR count). The standard InChI is InChI=1S/C14H16NO4/c1-14(2,3)19-13(18)9-6-4-5-8-10(9)7-15-11(8)12(16)17/h4-6,11H,7H2,1-3H3,(H,16,17). The fourth-order valence-electron chi connectivity index (χ4n) is 2.05. The molecule has 19 heavy (non-hydrogen) atoms. The molecular weight excluding hydrogens is 246 g/mol. The van der Waals surface area contributed by atoms with Crippen LogP contribution in [0.4, 0.5) is 0 Å². The first-order chi connectivity index (χ1) is 8.79. The number of esters is 1. The number of aliphatic carboxylic acids is 1. The van der Waals surface area contributed by atoms with Crippen LogP contribution < -0.4 is 5.32 Å². The van der Waals surface area contributed by atoms with Gasteiger partial charge >= 0.3 is 11.9 Å². The molecule has 0 saturated carbocycles. The topological polar surface area (TPSA) is 77.7 Å². The molecule has 0 aromatic heterocycles. The number of benzene rings is 1. The van der Waals surface area contributed by atoms with Crippen LogP contribution in [0.2, 0.25) is 0 Å². The Morgan fingerprint density at radius 3 is 2.63 bits per heavy atom. The van der Waals surface area contributed by atoms with E-state index < -0.39 is 23.6 Å². The van der Waals surface area contributed by atoms with Crippen LogP contribution in [0.1, 0.15) is 48.3 Å². The molecule has 1 radical (unpaired) electrons. The first-order valence-electron chi connectivity index (χ1n) is 6.04. The van der Waals surface area contributed by atoms with Gasteiger partial charge in [-0.2, -0.15) is 0 Å². The molecule has 1 aromatic rings. The van der Waals surface area contributed by atoms with Gasteiger partial charge in [0.1, 0.15) is 11.6 Å². The first kappa shape index (κ1) is 13.5. The summed E-state index contributed by atoms with van der Waals surface area (Å²) in [5, 5.41) is 13.1. The summed E-state index contributed by atoms with van der Waals surface area (Å²) in [7, 11) is 0. The molecule has 0 saturated heterocycles. The molecule has 1 unspecified atom stereocenters. The van der Waals surface area contributed by atoms with Crippen LogP contribution >= 0.6 is 0 Å². The highest BCUT2D eigenvalue weighted by Crippen LogP contribution is 2.30. The van der Waals surface area contributed by atoms with Crippen LogP contribution in [0.15, 0.2) is 18.2 Å². The van der Waals surface area contributed by atoms with Gasteiger partial charge in [-0.15, -0.1) is 0 Å². The third kappa shape index (κ3) is 2.76. The lowest BCUT2D eigenvalue weighted by Gasteiger charge is -2.20. The monoisotopic (exact) mass is 262 g/mol. The number of ether oxygens (including phenoxy) is 1. The van der Waals surface area contributed by atoms with Crippen LogP contribution in [0.5, 0.6) is 0 Å². The number of fused-ring (bicyclic) bond motifs is 1. The third-order valence-electron chi connectivity index (χ3n) is 2.79. The number of carbonyl (C=O) groups excluding carboxylic acids is 1. The molecule has 0 fully saturated rings. The summed E-state index contributed by atoms with van der Waals surface area (Å²) in [5.41, 5.74) is 1.06. The van der Waals surface area contributed by atoms with Crippen LogP contribution in [0, 0.1) is 0 Å². The Bertz CT molecular complexity index is 531. The minimum Gasteiger partial charge on any atom is -0.480 e. The largest absolute Gasteiger partial charge is 0.480 e. The zero-order valence-electron chi connectivity index (χ0n) is 11.1. The Morgan fingerprint density at radius 1 is 1.37 bits per heavy atom. The second kappa shape index (κ2) is 4.66. The van der Waals surface area contributed by atoms with Crippen molar-refractivity contribution in [1.82, 2.24) is 5.32 Å². The van der Waals surface area contributed by atoms with Crippen molar-refractivity contribution in [3.8, 4) is 0 Å². The second-order valence-electron chi connectivity index (χ2n) is 5.46. The molecule has 1 atom stereocenters. The highest BCUT2D eigenvalue weighted by Gasteiger charge is 2.33. The van der Waals surface area contributed by atoms with E-state index in [0.717, 1.165) is 0 Å². The molecule has 0 amide bonds. The molecule has 1 aliphatic heterocycles. The Kier molecular flexibility index (Phi) is 3.32. The minimum absolute atomic E-state index is 0.238. The summed E-state index contributed by atoms with van der Waals surface area (Å²) in [6, 6.07) is 4.12. The quantitative estimate of drug-likeness (QED) is 0.825. The van der Waals surface area contributed by atoms with E-state index in [1.165, 1.54) is 0 Å². The number of hydrogen-bond donors (Lipinski definition) is 1. The SMILES string of the molecule is CC(C)(C)OC(=O)c1cccc2c1C[N]C2C(=O)O. The van der Waals surface area contributed by atoms with Gasteiger partial charge in [0, 0.05) is 6.54 Å². The summed E-state index contributed by atoms with van der Waals surface area (Å²) in [5.74, 6) is -1.44. The fourth-order valence-corrected chi connectivity index (χ4v) is 2.05. The number of carbonyl (C=O) groups is 2. The van der Waals surface area contributed by atoms with E-state index in [4.69, 9.17) is 9.84 Å². The van der Waals surface area contributed by atoms with Gasteiger partial charge in [-0.3, -0.25) is 4.79 Å². The smallest absolute Gasteiger partial charge is 0.338 e. The van der Waals surface area contributed by atoms with E-state index in [9.17, 15) is 9.59 Å². The number of hydrogen-bond acceptors (Lipinski definition) is 3. The highest BCUT2D eigenvalue weighted by molar-refractivity contribution is 5.93. The van der Waals surface area contributed by atoms with Crippen LogP contribution in [-0.4, -0.2) is 22.6 Å². The normalized spacial score (nSPS) is 17.9. The van der Waals surface area contributed by atoms with E-state index in [-0.39, 0.29) is 6.54 Å². The zero-order valence-corrected chi connectivity index (χ0v) is 11.1. The summed E-state index contributed by atoms with van der Waals surface area (Å²) in [6.45, 7) is 5.61. The minimum atomic E-state index is -1.000. The van der Waals surface area contributed by atoms with Crippen molar-refractivity contribution in [2.75, 3.05) is 0 Å². The molecule has 1 aromatic carbocycles. The Labute approximate surface area is 111 Å². The van der Waals surface area contributed by atoms with Gasteiger partial charge in [0.05, 0.1) is 5.56 Å². The van der Waals surface area contributed by atoms with Crippen molar-refractivity contribution in [3.05, 3.63) is 34.9 Å². The van der Waals surface area contributed by atoms with Gasteiger partial charge in [0.15, 0.2) is 0 Å². The predicted molar refractivity (Wildman–Crippen MR) is 67.8 cm³/mol. The van der Waals surface area contributed by atoms with E-state index >= 15 is 0 Å². The number of carboxylic acids is 1. The second-order valence-corrected chi connectivity index (χ2v) is 5.46. The van der Waals surface area contributed by atoms with E-state index in [0.29, 0.717) is 16.7 Å². The first-order valence-corrected chi connectivity index (χ1v) is 6.04. The fraction of sp³-hybridized carbons (Fsp3) is 0.429. The predicted octanol–water partition coefficient (Wildman–Crippen LogP) is 1.89. The van der Waals surface area contributed by atoms with Gasteiger partial charge < -0.3 is 9.84 Å². The van der Waals surface area contributed by atoms with Gasteiger partial charge in [-0.25, -0.2) is 10.1 Å². The maximum Gasteiger partial charge on any atom is 0.338 e. The molecule has 5 nitrogen and oxygen atoms in total. The summed E-state index contributed by atoms with van der Waals surface area (Å²) in [4.78, 5) is 23.1. The average Bonchev–Trinajstić information content (AvgIpc) is 2.69. The average molecular weight is 262 g/mol. The molecule has 0 aliphatic carbocycles. The molecular formula is C14H16NO4. The van der Waals surface area contributed by atoms with E-state index in [2.05, 4.69) is 5.32 Å². The molecule has 1 aliphatic rings. The lowest BCUT2D eigenvalue weighted by molar-refractivity contribution is -0.139. The van der Waals surface area contributed by atoms with Gasteiger partial charge in [-0.1, -0.05) is 12.1 Å². The number of carboxylic acid groups (broad SMARTS) is 1. The maximum atomic E-state index is 12.1. The zero-order chi connectivity index (χ0) is 14.2. The van der Waals surface area contributed by atoms with Crippen molar-refractivity contribution in [2.24, 2.45) is 0 Å². The Morgan fingerprint density at radius 2 is 2.05 bits per heavy atom. The van der Waals surface area contributed by atoms with Crippen molar-refractivity contribution < 1.29 is 19.4 Å². The Balaban J connectivity index is 2.35. The van der Waals surface area contributed by atoms with Crippen molar-refractivity contribution in [1.29, 1.82) is 0 Å². The van der Waals surface area contributed by atoms with Gasteiger partial charge in [0.25, 0.3) is 0 Å². The summed E-state index contributed by atoms with van der Waals surface area (Å²) < 4.78 is 5.32. The van der Waals surface area contributed by atoms with Crippen molar-refractivity contribution in [3.63, 3.8) is 0 Å². The molecule has 0 spiro atoms. The molecule has 1 N–H and O–H groups in total. The molecule has 1 heterocycles. The highest BCUT2D eigenvalue weighted by atomic mass is 16.6. The van der Waals surface area contributed by atoms with E-state index in [1.54, 1.807) is 39.0 Å².